The maximum atomic E-state index is 11.7. The van der Waals surface area contributed by atoms with Crippen molar-refractivity contribution in [3.05, 3.63) is 35.4 Å². The number of aryl methyl sites for hydroxylation is 1. The normalized spacial score (nSPS) is 35.1. The zero-order valence-corrected chi connectivity index (χ0v) is 11.8. The molecule has 1 aliphatic rings. The molecule has 0 aromatic heterocycles. The van der Waals surface area contributed by atoms with Crippen LogP contribution < -0.4 is 0 Å². The van der Waals surface area contributed by atoms with Crippen molar-refractivity contribution in [2.45, 2.75) is 45.5 Å². The Morgan fingerprint density at radius 2 is 1.84 bits per heavy atom. The molecule has 1 heterocycles. The van der Waals surface area contributed by atoms with Crippen LogP contribution in [0.25, 0.3) is 0 Å². The Bertz CT molecular complexity index is 477. The zero-order valence-electron chi connectivity index (χ0n) is 11.8. The molecule has 4 heteroatoms. The quantitative estimate of drug-likeness (QED) is 0.834. The molecule has 1 aliphatic heterocycles. The molecule has 104 valence electrons. The number of hydrogen-bond donors (Lipinski definition) is 1. The molecule has 2 rings (SSSR count). The molecular weight excluding hydrogens is 244 g/mol. The molecule has 0 bridgehead atoms. The van der Waals surface area contributed by atoms with Gasteiger partial charge in [-0.2, -0.15) is 4.89 Å². The molecule has 19 heavy (non-hydrogen) atoms. The van der Waals surface area contributed by atoms with Crippen LogP contribution in [0.1, 0.15) is 38.3 Å². The number of carbonyl (C=O) groups is 1. The van der Waals surface area contributed by atoms with E-state index < -0.39 is 17.3 Å². The van der Waals surface area contributed by atoms with Crippen LogP contribution in [0.15, 0.2) is 24.3 Å². The summed E-state index contributed by atoms with van der Waals surface area (Å²) in [6, 6.07) is 7.88. The lowest BCUT2D eigenvalue weighted by molar-refractivity contribution is -0.492. The van der Waals surface area contributed by atoms with Crippen molar-refractivity contribution < 1.29 is 19.7 Å². The second-order valence-corrected chi connectivity index (χ2v) is 5.69. The molecule has 0 spiro atoms. The predicted molar refractivity (Wildman–Crippen MR) is 70.1 cm³/mol. The van der Waals surface area contributed by atoms with E-state index in [0.717, 1.165) is 11.1 Å². The van der Waals surface area contributed by atoms with Gasteiger partial charge in [-0.25, -0.2) is 4.89 Å². The van der Waals surface area contributed by atoms with Crippen LogP contribution in [0.4, 0.5) is 0 Å². The SMILES string of the molecule is CC(=O)C1CC(C)(c2ccc(C)cc2)OOC1(C)O. The molecular formula is C15H20O4. The van der Waals surface area contributed by atoms with Crippen LogP contribution in [0, 0.1) is 12.8 Å². The molecule has 3 unspecified atom stereocenters. The largest absolute Gasteiger partial charge is 0.363 e. The van der Waals surface area contributed by atoms with Crippen LogP contribution in [-0.4, -0.2) is 16.7 Å². The van der Waals surface area contributed by atoms with Gasteiger partial charge in [0.2, 0.25) is 5.79 Å². The summed E-state index contributed by atoms with van der Waals surface area (Å²) < 4.78 is 0. The fourth-order valence-electron chi connectivity index (χ4n) is 2.44. The highest BCUT2D eigenvalue weighted by atomic mass is 17.2. The van der Waals surface area contributed by atoms with E-state index in [-0.39, 0.29) is 5.78 Å². The van der Waals surface area contributed by atoms with Crippen molar-refractivity contribution in [2.75, 3.05) is 0 Å². The maximum Gasteiger partial charge on any atom is 0.206 e. The summed E-state index contributed by atoms with van der Waals surface area (Å²) in [4.78, 5) is 22.2. The number of carbonyl (C=O) groups excluding carboxylic acids is 1. The number of Topliss-reactive ketones (excluding diaryl/α,β-unsaturated/α-hetero) is 1. The second kappa shape index (κ2) is 4.71. The summed E-state index contributed by atoms with van der Waals surface area (Å²) >= 11 is 0. The van der Waals surface area contributed by atoms with Crippen LogP contribution in [0.3, 0.4) is 0 Å². The van der Waals surface area contributed by atoms with Crippen LogP contribution >= 0.6 is 0 Å². The van der Waals surface area contributed by atoms with Gasteiger partial charge >= 0.3 is 0 Å². The summed E-state index contributed by atoms with van der Waals surface area (Å²) in [5.41, 5.74) is 1.35. The van der Waals surface area contributed by atoms with Crippen LogP contribution in [-0.2, 0) is 20.2 Å². The summed E-state index contributed by atoms with van der Waals surface area (Å²) in [6.45, 7) is 6.79. The Labute approximate surface area is 113 Å². The molecule has 1 aromatic rings. The van der Waals surface area contributed by atoms with Gasteiger partial charge in [0.05, 0.1) is 5.92 Å². The third-order valence-electron chi connectivity index (χ3n) is 3.79. The first kappa shape index (κ1) is 14.2. The van der Waals surface area contributed by atoms with Gasteiger partial charge in [0, 0.05) is 0 Å². The summed E-state index contributed by atoms with van der Waals surface area (Å²) in [5, 5.41) is 10.1. The molecule has 1 saturated heterocycles. The van der Waals surface area contributed by atoms with E-state index in [1.807, 2.05) is 38.1 Å². The first-order valence-corrected chi connectivity index (χ1v) is 6.41. The standard InChI is InChI=1S/C15H20O4/c1-10-5-7-12(8-6-10)14(3)9-13(11(2)16)15(4,17)19-18-14/h5-8,13,17H,9H2,1-4H3. The lowest BCUT2D eigenvalue weighted by Crippen LogP contribution is -2.51. The molecule has 1 fully saturated rings. The van der Waals surface area contributed by atoms with Crippen molar-refractivity contribution in [3.8, 4) is 0 Å². The van der Waals surface area contributed by atoms with E-state index in [2.05, 4.69) is 0 Å². The Kier molecular flexibility index (Phi) is 3.51. The number of rotatable bonds is 2. The Morgan fingerprint density at radius 3 is 2.37 bits per heavy atom. The highest BCUT2D eigenvalue weighted by Gasteiger charge is 2.49. The number of benzene rings is 1. The molecule has 1 N–H and O–H groups in total. The summed E-state index contributed by atoms with van der Waals surface area (Å²) in [5.74, 6) is -2.28. The Balaban J connectivity index is 2.31. The lowest BCUT2D eigenvalue weighted by Gasteiger charge is -2.43. The average molecular weight is 264 g/mol. The van der Waals surface area contributed by atoms with Crippen molar-refractivity contribution in [2.24, 2.45) is 5.92 Å². The summed E-state index contributed by atoms with van der Waals surface area (Å²) in [7, 11) is 0. The fraction of sp³-hybridized carbons (Fsp3) is 0.533. The van der Waals surface area contributed by atoms with Gasteiger partial charge in [-0.1, -0.05) is 29.8 Å². The third-order valence-corrected chi connectivity index (χ3v) is 3.79. The summed E-state index contributed by atoms with van der Waals surface area (Å²) in [6.07, 6.45) is 0.387. The van der Waals surface area contributed by atoms with Gasteiger partial charge in [-0.15, -0.1) is 0 Å². The first-order valence-electron chi connectivity index (χ1n) is 6.41. The minimum Gasteiger partial charge on any atom is -0.363 e. The predicted octanol–water partition coefficient (Wildman–Crippen LogP) is 2.48. The fourth-order valence-corrected chi connectivity index (χ4v) is 2.44. The molecule has 1 aromatic carbocycles. The molecule has 0 amide bonds. The second-order valence-electron chi connectivity index (χ2n) is 5.69. The Morgan fingerprint density at radius 1 is 1.26 bits per heavy atom. The van der Waals surface area contributed by atoms with Crippen molar-refractivity contribution >= 4 is 5.78 Å². The van der Waals surface area contributed by atoms with E-state index >= 15 is 0 Å². The van der Waals surface area contributed by atoms with E-state index in [1.54, 1.807) is 0 Å². The van der Waals surface area contributed by atoms with Gasteiger partial charge in [-0.05, 0) is 39.7 Å². The van der Waals surface area contributed by atoms with E-state index in [0.29, 0.717) is 6.42 Å². The van der Waals surface area contributed by atoms with Gasteiger partial charge < -0.3 is 5.11 Å². The van der Waals surface area contributed by atoms with E-state index in [4.69, 9.17) is 9.78 Å². The number of ketones is 1. The van der Waals surface area contributed by atoms with Crippen LogP contribution in [0.5, 0.6) is 0 Å². The molecule has 4 nitrogen and oxygen atoms in total. The average Bonchev–Trinajstić information content (AvgIpc) is 2.33. The molecule has 3 atom stereocenters. The number of hydrogen-bond acceptors (Lipinski definition) is 4. The zero-order chi connectivity index (χ0) is 14.3. The molecule has 0 saturated carbocycles. The monoisotopic (exact) mass is 264 g/mol. The Hall–Kier alpha value is -1.23. The van der Waals surface area contributed by atoms with Gasteiger partial charge in [-0.3, -0.25) is 4.79 Å². The number of aliphatic hydroxyl groups is 1. The topological polar surface area (TPSA) is 55.8 Å². The van der Waals surface area contributed by atoms with E-state index in [1.165, 1.54) is 13.8 Å². The minimum atomic E-state index is -1.57. The smallest absolute Gasteiger partial charge is 0.206 e. The van der Waals surface area contributed by atoms with Crippen molar-refractivity contribution in [1.82, 2.24) is 0 Å². The van der Waals surface area contributed by atoms with E-state index in [9.17, 15) is 9.90 Å². The minimum absolute atomic E-state index is 0.105. The van der Waals surface area contributed by atoms with Gasteiger partial charge in [0.15, 0.2) is 0 Å². The van der Waals surface area contributed by atoms with Crippen molar-refractivity contribution in [3.63, 3.8) is 0 Å². The third kappa shape index (κ3) is 2.71. The van der Waals surface area contributed by atoms with Crippen LogP contribution in [0.2, 0.25) is 0 Å². The lowest BCUT2D eigenvalue weighted by atomic mass is 9.80. The maximum absolute atomic E-state index is 11.7. The highest BCUT2D eigenvalue weighted by molar-refractivity contribution is 5.79. The van der Waals surface area contributed by atoms with Gasteiger partial charge in [0.1, 0.15) is 11.4 Å². The highest BCUT2D eigenvalue weighted by Crippen LogP contribution is 2.42. The first-order chi connectivity index (χ1) is 8.74. The molecule has 0 radical (unpaired) electrons. The van der Waals surface area contributed by atoms with Gasteiger partial charge in [0.25, 0.3) is 0 Å². The van der Waals surface area contributed by atoms with Crippen molar-refractivity contribution in [1.29, 1.82) is 0 Å². The molecule has 0 aliphatic carbocycles.